The summed E-state index contributed by atoms with van der Waals surface area (Å²) in [7, 11) is 0. The van der Waals surface area contributed by atoms with Gasteiger partial charge in [0.05, 0.1) is 5.71 Å². The summed E-state index contributed by atoms with van der Waals surface area (Å²) in [5.74, 6) is 0.204. The van der Waals surface area contributed by atoms with Crippen LogP contribution in [0.4, 0.5) is 5.69 Å². The van der Waals surface area contributed by atoms with Gasteiger partial charge < -0.3 is 10.1 Å². The second-order valence-electron chi connectivity index (χ2n) is 8.09. The minimum absolute atomic E-state index is 0.0175. The van der Waals surface area contributed by atoms with Gasteiger partial charge in [-0.15, -0.1) is 0 Å². The molecule has 158 valence electrons. The Morgan fingerprint density at radius 1 is 1.13 bits per heavy atom. The minimum atomic E-state index is 0.0175. The van der Waals surface area contributed by atoms with Gasteiger partial charge in [0.15, 0.2) is 0 Å². The van der Waals surface area contributed by atoms with Crippen LogP contribution in [-0.2, 0) is 4.79 Å². The van der Waals surface area contributed by atoms with Gasteiger partial charge in [-0.2, -0.15) is 0 Å². The standard InChI is InChI=1S/C26H27N3O2/c1-18-6-3-4-7-23(18)24(17-25(28-31)21-13-14-27-19(2)16-21)20-9-11-22(12-10-20)29-15-5-8-26(29)30/h3-4,6-7,9-14,16,24,31H,5,8,15,17H2,1-2H3/b28-25+/t24-/m1/s1. The fraction of sp³-hybridized carbons (Fsp3) is 0.269. The molecule has 0 aliphatic carbocycles. The Morgan fingerprint density at radius 2 is 1.90 bits per heavy atom. The third-order valence-corrected chi connectivity index (χ3v) is 5.99. The number of benzene rings is 2. The zero-order valence-electron chi connectivity index (χ0n) is 18.0. The highest BCUT2D eigenvalue weighted by Crippen LogP contribution is 2.33. The zero-order chi connectivity index (χ0) is 21.8. The van der Waals surface area contributed by atoms with Gasteiger partial charge in [-0.3, -0.25) is 9.78 Å². The number of amides is 1. The van der Waals surface area contributed by atoms with Crippen molar-refractivity contribution in [1.29, 1.82) is 0 Å². The van der Waals surface area contributed by atoms with E-state index in [2.05, 4.69) is 41.3 Å². The topological polar surface area (TPSA) is 65.8 Å². The molecule has 5 heteroatoms. The molecule has 1 N–H and O–H groups in total. The van der Waals surface area contributed by atoms with Crippen molar-refractivity contribution in [3.63, 3.8) is 0 Å². The Morgan fingerprint density at radius 3 is 2.55 bits per heavy atom. The van der Waals surface area contributed by atoms with Gasteiger partial charge in [0.1, 0.15) is 0 Å². The predicted molar refractivity (Wildman–Crippen MR) is 123 cm³/mol. The van der Waals surface area contributed by atoms with Crippen LogP contribution in [0.25, 0.3) is 0 Å². The molecule has 5 nitrogen and oxygen atoms in total. The van der Waals surface area contributed by atoms with E-state index in [9.17, 15) is 10.0 Å². The minimum Gasteiger partial charge on any atom is -0.411 e. The molecule has 1 saturated heterocycles. The van der Waals surface area contributed by atoms with Crippen molar-refractivity contribution in [3.8, 4) is 0 Å². The number of aryl methyl sites for hydroxylation is 2. The first-order valence-corrected chi connectivity index (χ1v) is 10.7. The molecule has 3 aromatic rings. The molecule has 1 atom stereocenters. The van der Waals surface area contributed by atoms with Crippen molar-refractivity contribution in [2.24, 2.45) is 5.16 Å². The Kier molecular flexibility index (Phi) is 6.12. The summed E-state index contributed by atoms with van der Waals surface area (Å²) in [5, 5.41) is 13.5. The molecular weight excluding hydrogens is 386 g/mol. The van der Waals surface area contributed by atoms with Crippen LogP contribution in [0.2, 0.25) is 0 Å². The van der Waals surface area contributed by atoms with E-state index in [-0.39, 0.29) is 11.8 Å². The molecule has 0 spiro atoms. The fourth-order valence-corrected chi connectivity index (χ4v) is 4.33. The maximum absolute atomic E-state index is 12.1. The van der Waals surface area contributed by atoms with Crippen molar-refractivity contribution >= 4 is 17.3 Å². The van der Waals surface area contributed by atoms with E-state index in [0.29, 0.717) is 18.6 Å². The molecule has 1 aliphatic rings. The monoisotopic (exact) mass is 413 g/mol. The summed E-state index contributed by atoms with van der Waals surface area (Å²) in [6, 6.07) is 20.3. The Labute approximate surface area is 183 Å². The lowest BCUT2D eigenvalue weighted by molar-refractivity contribution is -0.117. The van der Waals surface area contributed by atoms with Crippen LogP contribution in [-0.4, -0.2) is 28.4 Å². The summed E-state index contributed by atoms with van der Waals surface area (Å²) in [6.45, 7) is 4.81. The van der Waals surface area contributed by atoms with Gasteiger partial charge in [0, 0.05) is 48.4 Å². The third-order valence-electron chi connectivity index (χ3n) is 5.99. The lowest BCUT2D eigenvalue weighted by Gasteiger charge is -2.22. The third kappa shape index (κ3) is 4.50. The first-order chi connectivity index (χ1) is 15.1. The molecule has 0 bridgehead atoms. The number of hydrogen-bond donors (Lipinski definition) is 1. The van der Waals surface area contributed by atoms with Gasteiger partial charge in [-0.1, -0.05) is 41.6 Å². The second kappa shape index (κ2) is 9.13. The van der Waals surface area contributed by atoms with Crippen LogP contribution < -0.4 is 4.90 Å². The number of nitrogens with zero attached hydrogens (tertiary/aromatic N) is 3. The van der Waals surface area contributed by atoms with Crippen LogP contribution in [0.3, 0.4) is 0 Å². The van der Waals surface area contributed by atoms with Crippen LogP contribution in [0.1, 0.15) is 53.1 Å². The number of aromatic nitrogens is 1. The molecule has 2 heterocycles. The first-order valence-electron chi connectivity index (χ1n) is 10.7. The maximum Gasteiger partial charge on any atom is 0.227 e. The quantitative estimate of drug-likeness (QED) is 0.342. The van der Waals surface area contributed by atoms with Gasteiger partial charge in [-0.05, 0) is 61.2 Å². The lowest BCUT2D eigenvalue weighted by Crippen LogP contribution is -2.23. The van der Waals surface area contributed by atoms with Crippen molar-refractivity contribution in [1.82, 2.24) is 4.98 Å². The number of carbonyl (C=O) groups excluding carboxylic acids is 1. The van der Waals surface area contributed by atoms with E-state index in [0.717, 1.165) is 35.5 Å². The van der Waals surface area contributed by atoms with E-state index >= 15 is 0 Å². The summed E-state index contributed by atoms with van der Waals surface area (Å²) in [4.78, 5) is 18.2. The van der Waals surface area contributed by atoms with Gasteiger partial charge >= 0.3 is 0 Å². The average molecular weight is 414 g/mol. The summed E-state index contributed by atoms with van der Waals surface area (Å²) in [5.41, 5.74) is 6.82. The summed E-state index contributed by atoms with van der Waals surface area (Å²) >= 11 is 0. The van der Waals surface area contributed by atoms with Crippen molar-refractivity contribution in [2.45, 2.75) is 39.0 Å². The molecule has 1 aliphatic heterocycles. The Balaban J connectivity index is 1.70. The number of carbonyl (C=O) groups is 1. The highest BCUT2D eigenvalue weighted by molar-refractivity contribution is 6.01. The highest BCUT2D eigenvalue weighted by Gasteiger charge is 2.23. The molecule has 1 fully saturated rings. The van der Waals surface area contributed by atoms with Crippen molar-refractivity contribution in [2.75, 3.05) is 11.4 Å². The summed E-state index contributed by atoms with van der Waals surface area (Å²) in [6.07, 6.45) is 3.82. The molecule has 2 aromatic carbocycles. The number of pyridine rings is 1. The zero-order valence-corrected chi connectivity index (χ0v) is 18.0. The molecule has 1 amide bonds. The van der Waals surface area contributed by atoms with E-state index in [4.69, 9.17) is 0 Å². The van der Waals surface area contributed by atoms with Crippen LogP contribution in [0.15, 0.2) is 72.0 Å². The normalized spacial score (nSPS) is 15.4. The molecule has 0 saturated carbocycles. The van der Waals surface area contributed by atoms with Crippen LogP contribution >= 0.6 is 0 Å². The second-order valence-corrected chi connectivity index (χ2v) is 8.09. The highest BCUT2D eigenvalue weighted by atomic mass is 16.4. The Hall–Kier alpha value is -3.47. The molecule has 0 unspecified atom stereocenters. The van der Waals surface area contributed by atoms with Gasteiger partial charge in [0.25, 0.3) is 0 Å². The van der Waals surface area contributed by atoms with Gasteiger partial charge in [0.2, 0.25) is 5.91 Å². The van der Waals surface area contributed by atoms with Crippen molar-refractivity contribution < 1.29 is 10.0 Å². The first kappa shape index (κ1) is 20.8. The number of oxime groups is 1. The Bertz CT molecular complexity index is 1110. The summed E-state index contributed by atoms with van der Waals surface area (Å²) < 4.78 is 0. The predicted octanol–water partition coefficient (Wildman–Crippen LogP) is 5.23. The number of rotatable bonds is 6. The molecule has 31 heavy (non-hydrogen) atoms. The largest absolute Gasteiger partial charge is 0.411 e. The van der Waals surface area contributed by atoms with Gasteiger partial charge in [-0.25, -0.2) is 0 Å². The lowest BCUT2D eigenvalue weighted by atomic mass is 9.83. The average Bonchev–Trinajstić information content (AvgIpc) is 3.21. The van der Waals surface area contributed by atoms with E-state index < -0.39 is 0 Å². The molecule has 4 rings (SSSR count). The van der Waals surface area contributed by atoms with E-state index in [1.165, 1.54) is 11.1 Å². The van der Waals surface area contributed by atoms with E-state index in [1.54, 1.807) is 6.20 Å². The molecule has 1 aromatic heterocycles. The van der Waals surface area contributed by atoms with Crippen molar-refractivity contribution in [3.05, 3.63) is 94.8 Å². The fourth-order valence-electron chi connectivity index (χ4n) is 4.33. The number of hydrogen-bond acceptors (Lipinski definition) is 4. The molecular formula is C26H27N3O2. The SMILES string of the molecule is Cc1cc(/C(C[C@H](c2ccc(N3CCCC3=O)cc2)c2ccccc2C)=N/O)ccn1. The maximum atomic E-state index is 12.1. The van der Waals surface area contributed by atoms with Crippen LogP contribution in [0.5, 0.6) is 0 Å². The molecule has 0 radical (unpaired) electrons. The van der Waals surface area contributed by atoms with E-state index in [1.807, 2.05) is 48.2 Å². The smallest absolute Gasteiger partial charge is 0.227 e. The number of anilines is 1. The van der Waals surface area contributed by atoms with Crippen LogP contribution in [0, 0.1) is 13.8 Å².